The van der Waals surface area contributed by atoms with Gasteiger partial charge in [0.2, 0.25) is 9.84 Å². The lowest BCUT2D eigenvalue weighted by Gasteiger charge is -2.04. The van der Waals surface area contributed by atoms with Crippen LogP contribution in [0.3, 0.4) is 0 Å². The van der Waals surface area contributed by atoms with Crippen LogP contribution in [0, 0.1) is 6.92 Å². The molecule has 4 rings (SSSR count). The smallest absolute Gasteiger partial charge is 0.210 e. The van der Waals surface area contributed by atoms with Crippen LogP contribution in [0.15, 0.2) is 74.9 Å². The summed E-state index contributed by atoms with van der Waals surface area (Å²) < 4.78 is 32.0. The molecule has 1 heterocycles. The largest absolute Gasteiger partial charge is 0.459 e. The standard InChI is InChI=1S/C19H13ClO3S/c1-12-19(24(21,22)15-9-7-14(20)8-10-15)17-11-6-13-4-2-3-5-16(13)18(17)23-12/h2-11H,1H3. The zero-order valence-electron chi connectivity index (χ0n) is 12.8. The van der Waals surface area contributed by atoms with Crippen molar-refractivity contribution >= 4 is 43.2 Å². The summed E-state index contributed by atoms with van der Waals surface area (Å²) in [7, 11) is -3.69. The van der Waals surface area contributed by atoms with Crippen molar-refractivity contribution in [1.29, 1.82) is 0 Å². The average Bonchev–Trinajstić information content (AvgIpc) is 2.92. The van der Waals surface area contributed by atoms with Crippen LogP contribution in [0.2, 0.25) is 5.02 Å². The molecule has 0 bridgehead atoms. The highest BCUT2D eigenvalue weighted by molar-refractivity contribution is 7.91. The lowest BCUT2D eigenvalue weighted by molar-refractivity contribution is 0.559. The Morgan fingerprint density at radius 2 is 1.58 bits per heavy atom. The molecule has 4 aromatic rings. The van der Waals surface area contributed by atoms with Gasteiger partial charge < -0.3 is 4.42 Å². The fourth-order valence-corrected chi connectivity index (χ4v) is 4.71. The summed E-state index contributed by atoms with van der Waals surface area (Å²) in [6.07, 6.45) is 0. The first-order chi connectivity index (χ1) is 11.5. The minimum absolute atomic E-state index is 0.200. The second kappa shape index (κ2) is 5.36. The average molecular weight is 357 g/mol. The van der Waals surface area contributed by atoms with Gasteiger partial charge in [-0.15, -0.1) is 0 Å². The van der Waals surface area contributed by atoms with E-state index < -0.39 is 9.84 Å². The fourth-order valence-electron chi connectivity index (χ4n) is 2.99. The van der Waals surface area contributed by atoms with E-state index in [0.717, 1.165) is 10.8 Å². The van der Waals surface area contributed by atoms with E-state index in [-0.39, 0.29) is 9.79 Å². The lowest BCUT2D eigenvalue weighted by atomic mass is 10.1. The molecule has 5 heteroatoms. The lowest BCUT2D eigenvalue weighted by Crippen LogP contribution is -2.02. The number of aryl methyl sites for hydroxylation is 1. The van der Waals surface area contributed by atoms with Crippen molar-refractivity contribution in [1.82, 2.24) is 0 Å². The van der Waals surface area contributed by atoms with Crippen LogP contribution in [-0.4, -0.2) is 8.42 Å². The second-order valence-electron chi connectivity index (χ2n) is 5.61. The monoisotopic (exact) mass is 356 g/mol. The van der Waals surface area contributed by atoms with Crippen LogP contribution in [0.25, 0.3) is 21.7 Å². The third-order valence-electron chi connectivity index (χ3n) is 4.09. The molecular weight excluding hydrogens is 344 g/mol. The molecule has 3 nitrogen and oxygen atoms in total. The van der Waals surface area contributed by atoms with E-state index in [9.17, 15) is 8.42 Å². The third-order valence-corrected chi connectivity index (χ3v) is 6.28. The molecule has 0 amide bonds. The molecular formula is C19H13ClO3S. The number of sulfone groups is 1. The summed E-state index contributed by atoms with van der Waals surface area (Å²) in [5.41, 5.74) is 0.595. The highest BCUT2D eigenvalue weighted by atomic mass is 35.5. The molecule has 0 N–H and O–H groups in total. The first kappa shape index (κ1) is 15.2. The zero-order valence-corrected chi connectivity index (χ0v) is 14.4. The van der Waals surface area contributed by atoms with E-state index in [1.165, 1.54) is 12.1 Å². The second-order valence-corrected chi connectivity index (χ2v) is 7.93. The molecule has 0 aliphatic carbocycles. The minimum Gasteiger partial charge on any atom is -0.459 e. The molecule has 0 aliphatic rings. The predicted molar refractivity (Wildman–Crippen MR) is 95.4 cm³/mol. The molecule has 0 unspecified atom stereocenters. The Bertz CT molecular complexity index is 1170. The van der Waals surface area contributed by atoms with Crippen LogP contribution >= 0.6 is 11.6 Å². The number of hydrogen-bond donors (Lipinski definition) is 0. The van der Waals surface area contributed by atoms with Crippen molar-refractivity contribution in [2.24, 2.45) is 0 Å². The molecule has 0 fully saturated rings. The van der Waals surface area contributed by atoms with Crippen LogP contribution in [0.5, 0.6) is 0 Å². The van der Waals surface area contributed by atoms with E-state index in [2.05, 4.69) is 0 Å². The SMILES string of the molecule is Cc1oc2c(ccc3ccccc32)c1S(=O)(=O)c1ccc(Cl)cc1. The van der Waals surface area contributed by atoms with Gasteiger partial charge in [0.25, 0.3) is 0 Å². The first-order valence-corrected chi connectivity index (χ1v) is 9.26. The maximum Gasteiger partial charge on any atom is 0.210 e. The van der Waals surface area contributed by atoms with E-state index in [4.69, 9.17) is 16.0 Å². The topological polar surface area (TPSA) is 47.3 Å². The first-order valence-electron chi connectivity index (χ1n) is 7.40. The highest BCUT2D eigenvalue weighted by Crippen LogP contribution is 2.37. The molecule has 0 spiro atoms. The van der Waals surface area contributed by atoms with Crippen molar-refractivity contribution in [2.45, 2.75) is 16.7 Å². The van der Waals surface area contributed by atoms with Crippen molar-refractivity contribution in [3.63, 3.8) is 0 Å². The van der Waals surface area contributed by atoms with Crippen molar-refractivity contribution in [3.05, 3.63) is 71.4 Å². The number of furan rings is 1. The van der Waals surface area contributed by atoms with Crippen LogP contribution in [0.4, 0.5) is 0 Å². The van der Waals surface area contributed by atoms with Gasteiger partial charge >= 0.3 is 0 Å². The molecule has 120 valence electrons. The number of rotatable bonds is 2. The van der Waals surface area contributed by atoms with Gasteiger partial charge in [0.15, 0.2) is 0 Å². The molecule has 0 radical (unpaired) electrons. The zero-order chi connectivity index (χ0) is 16.9. The molecule has 0 saturated heterocycles. The summed E-state index contributed by atoms with van der Waals surface area (Å²) in [5, 5.41) is 3.00. The molecule has 0 atom stereocenters. The molecule has 0 aliphatic heterocycles. The van der Waals surface area contributed by atoms with Crippen LogP contribution < -0.4 is 0 Å². The Labute approximate surface area is 144 Å². The fraction of sp³-hybridized carbons (Fsp3) is 0.0526. The van der Waals surface area contributed by atoms with Crippen LogP contribution in [-0.2, 0) is 9.84 Å². The Morgan fingerprint density at radius 1 is 0.875 bits per heavy atom. The Balaban J connectivity index is 2.05. The molecule has 24 heavy (non-hydrogen) atoms. The Hall–Kier alpha value is -2.30. The summed E-state index contributed by atoms with van der Waals surface area (Å²) >= 11 is 5.86. The van der Waals surface area contributed by atoms with Gasteiger partial charge in [-0.1, -0.05) is 41.9 Å². The number of hydrogen-bond acceptors (Lipinski definition) is 3. The summed E-state index contributed by atoms with van der Waals surface area (Å²) in [6, 6.07) is 17.6. The van der Waals surface area contributed by atoms with Gasteiger partial charge in [-0.3, -0.25) is 0 Å². The summed E-state index contributed by atoms with van der Waals surface area (Å²) in [4.78, 5) is 0.413. The van der Waals surface area contributed by atoms with Gasteiger partial charge in [0.05, 0.1) is 4.90 Å². The third kappa shape index (κ3) is 2.22. The van der Waals surface area contributed by atoms with Crippen molar-refractivity contribution in [3.8, 4) is 0 Å². The molecule has 1 aromatic heterocycles. The summed E-state index contributed by atoms with van der Waals surface area (Å²) in [5.74, 6) is 0.385. The van der Waals surface area contributed by atoms with Gasteiger partial charge in [-0.2, -0.15) is 0 Å². The number of benzene rings is 3. The Kier molecular flexibility index (Phi) is 3.41. The minimum atomic E-state index is -3.69. The normalized spacial score (nSPS) is 12.1. The Morgan fingerprint density at radius 3 is 2.33 bits per heavy atom. The number of fused-ring (bicyclic) bond motifs is 3. The maximum atomic E-state index is 13.1. The van der Waals surface area contributed by atoms with Crippen molar-refractivity contribution in [2.75, 3.05) is 0 Å². The van der Waals surface area contributed by atoms with Gasteiger partial charge in [-0.05, 0) is 42.6 Å². The molecule has 3 aromatic carbocycles. The molecule has 0 saturated carbocycles. The van der Waals surface area contributed by atoms with Crippen molar-refractivity contribution < 1.29 is 12.8 Å². The van der Waals surface area contributed by atoms with E-state index >= 15 is 0 Å². The summed E-state index contributed by atoms with van der Waals surface area (Å²) in [6.45, 7) is 1.68. The maximum absolute atomic E-state index is 13.1. The highest BCUT2D eigenvalue weighted by Gasteiger charge is 2.26. The van der Waals surface area contributed by atoms with Crippen LogP contribution in [0.1, 0.15) is 5.76 Å². The predicted octanol–water partition coefficient (Wildman–Crippen LogP) is 5.38. The quantitative estimate of drug-likeness (QED) is 0.484. The van der Waals surface area contributed by atoms with E-state index in [0.29, 0.717) is 21.8 Å². The van der Waals surface area contributed by atoms with Gasteiger partial charge in [-0.25, -0.2) is 8.42 Å². The van der Waals surface area contributed by atoms with E-state index in [1.54, 1.807) is 25.1 Å². The van der Waals surface area contributed by atoms with Gasteiger partial charge in [0, 0.05) is 15.8 Å². The van der Waals surface area contributed by atoms with E-state index in [1.807, 2.05) is 30.3 Å². The number of halogens is 1. The van der Waals surface area contributed by atoms with Gasteiger partial charge in [0.1, 0.15) is 16.2 Å².